The molecular weight excluding hydrogens is 256 g/mol. The highest BCUT2D eigenvalue weighted by Crippen LogP contribution is 2.19. The summed E-state index contributed by atoms with van der Waals surface area (Å²) in [6.07, 6.45) is 0. The first kappa shape index (κ1) is 11.9. The Kier molecular flexibility index (Phi) is 2.34. The van der Waals surface area contributed by atoms with Gasteiger partial charge < -0.3 is 10.3 Å². The van der Waals surface area contributed by atoms with E-state index in [1.54, 1.807) is 11.6 Å². The van der Waals surface area contributed by atoms with E-state index in [-0.39, 0.29) is 16.9 Å². The summed E-state index contributed by atoms with van der Waals surface area (Å²) >= 11 is 0. The van der Waals surface area contributed by atoms with E-state index >= 15 is 0 Å². The first-order valence-electron chi connectivity index (χ1n) is 5.81. The Balaban J connectivity index is 2.72. The number of nitrogens with two attached hydrogens (primary N) is 1. The number of fused-ring (bicyclic) bond motifs is 3. The number of aromatic nitrogens is 3. The second-order valence-electron chi connectivity index (χ2n) is 4.34. The Bertz CT molecular complexity index is 972. The maximum Gasteiger partial charge on any atom is 0.271 e. The molecule has 7 heteroatoms. The van der Waals surface area contributed by atoms with Crippen LogP contribution in [0.1, 0.15) is 16.2 Å². The number of para-hydroxylation sites is 2. The molecule has 0 bridgehead atoms. The lowest BCUT2D eigenvalue weighted by molar-refractivity contribution is 0.0993. The van der Waals surface area contributed by atoms with Gasteiger partial charge in [-0.2, -0.15) is 5.26 Å². The number of primary amides is 1. The molecule has 3 rings (SSSR count). The van der Waals surface area contributed by atoms with Crippen LogP contribution in [-0.2, 0) is 7.05 Å². The number of nitrogens with zero attached hydrogens (tertiary/aromatic N) is 4. The Labute approximate surface area is 113 Å². The molecule has 20 heavy (non-hydrogen) atoms. The van der Waals surface area contributed by atoms with Crippen LogP contribution in [0.5, 0.6) is 0 Å². The number of nitriles is 1. The lowest BCUT2D eigenvalue weighted by Crippen LogP contribution is -2.29. The van der Waals surface area contributed by atoms with Gasteiger partial charge >= 0.3 is 0 Å². The third-order valence-electron chi connectivity index (χ3n) is 3.24. The number of imidazole rings is 1. The van der Waals surface area contributed by atoms with E-state index in [0.29, 0.717) is 5.65 Å². The van der Waals surface area contributed by atoms with Crippen molar-refractivity contribution in [3.8, 4) is 6.07 Å². The third-order valence-corrected chi connectivity index (χ3v) is 3.24. The second kappa shape index (κ2) is 3.93. The van der Waals surface area contributed by atoms with Gasteiger partial charge in [0.05, 0.1) is 11.0 Å². The number of hydrogen-bond acceptors (Lipinski definition) is 4. The van der Waals surface area contributed by atoms with E-state index in [4.69, 9.17) is 11.1 Å². The molecule has 0 saturated heterocycles. The van der Waals surface area contributed by atoms with E-state index in [2.05, 4.69) is 4.98 Å². The molecule has 0 aliphatic heterocycles. The maximum absolute atomic E-state index is 11.4. The molecule has 0 unspecified atom stereocenters. The maximum atomic E-state index is 11.4. The number of nitrogens with one attached hydrogen (secondary N) is 1. The van der Waals surface area contributed by atoms with Crippen molar-refractivity contribution in [1.29, 1.82) is 10.7 Å². The van der Waals surface area contributed by atoms with Gasteiger partial charge in [-0.05, 0) is 12.1 Å². The lowest BCUT2D eigenvalue weighted by atomic mass is 10.3. The van der Waals surface area contributed by atoms with Crippen molar-refractivity contribution in [2.24, 2.45) is 12.8 Å². The summed E-state index contributed by atoms with van der Waals surface area (Å²) in [5.41, 5.74) is 6.97. The summed E-state index contributed by atoms with van der Waals surface area (Å²) in [5.74, 6) is -0.825. The molecule has 0 saturated carbocycles. The van der Waals surface area contributed by atoms with Gasteiger partial charge in [0, 0.05) is 7.05 Å². The normalized spacial score (nSPS) is 10.8. The van der Waals surface area contributed by atoms with Gasteiger partial charge in [-0.1, -0.05) is 12.1 Å². The third kappa shape index (κ3) is 1.36. The molecule has 0 aliphatic carbocycles. The fourth-order valence-corrected chi connectivity index (χ4v) is 2.37. The number of amides is 1. The molecule has 98 valence electrons. The molecule has 7 nitrogen and oxygen atoms in total. The molecule has 3 aromatic rings. The minimum Gasteiger partial charge on any atom is -0.364 e. The van der Waals surface area contributed by atoms with Crippen LogP contribution in [0.15, 0.2) is 24.3 Å². The number of carbonyl (C=O) groups is 1. The van der Waals surface area contributed by atoms with Gasteiger partial charge in [-0.15, -0.1) is 0 Å². The lowest BCUT2D eigenvalue weighted by Gasteiger charge is -2.03. The largest absolute Gasteiger partial charge is 0.364 e. The summed E-state index contributed by atoms with van der Waals surface area (Å²) in [4.78, 5) is 15.3. The highest BCUT2D eigenvalue weighted by atomic mass is 16.1. The molecule has 0 radical (unpaired) electrons. The van der Waals surface area contributed by atoms with E-state index in [0.717, 1.165) is 11.0 Å². The molecule has 0 atom stereocenters. The van der Waals surface area contributed by atoms with E-state index in [1.807, 2.05) is 30.3 Å². The van der Waals surface area contributed by atoms with E-state index < -0.39 is 5.91 Å². The second-order valence-corrected chi connectivity index (χ2v) is 4.34. The quantitative estimate of drug-likeness (QED) is 0.659. The number of benzene rings is 1. The summed E-state index contributed by atoms with van der Waals surface area (Å²) in [7, 11) is 1.78. The smallest absolute Gasteiger partial charge is 0.271 e. The zero-order valence-corrected chi connectivity index (χ0v) is 10.6. The van der Waals surface area contributed by atoms with Crippen LogP contribution in [0, 0.1) is 16.7 Å². The average molecular weight is 266 g/mol. The van der Waals surface area contributed by atoms with Crippen LogP contribution in [0.3, 0.4) is 0 Å². The van der Waals surface area contributed by atoms with Crippen molar-refractivity contribution < 1.29 is 4.79 Å². The molecule has 2 heterocycles. The molecule has 0 aliphatic rings. The average Bonchev–Trinajstić information content (AvgIpc) is 2.74. The van der Waals surface area contributed by atoms with Crippen LogP contribution in [0.2, 0.25) is 0 Å². The SMILES string of the molecule is Cn1c2ccccc2n2c(=N)c(C(N)=O)nc(C#N)c12. The van der Waals surface area contributed by atoms with E-state index in [1.165, 1.54) is 4.40 Å². The van der Waals surface area contributed by atoms with Gasteiger partial charge in [-0.25, -0.2) is 4.98 Å². The minimum absolute atomic E-state index is 0.0634. The summed E-state index contributed by atoms with van der Waals surface area (Å²) in [6.45, 7) is 0. The van der Waals surface area contributed by atoms with E-state index in [9.17, 15) is 10.1 Å². The Morgan fingerprint density at radius 1 is 1.40 bits per heavy atom. The first-order valence-corrected chi connectivity index (χ1v) is 5.81. The van der Waals surface area contributed by atoms with Crippen molar-refractivity contribution in [2.45, 2.75) is 0 Å². The molecule has 1 amide bonds. The van der Waals surface area contributed by atoms with Gasteiger partial charge in [0.25, 0.3) is 5.91 Å². The van der Waals surface area contributed by atoms with Crippen LogP contribution in [-0.4, -0.2) is 19.9 Å². The fraction of sp³-hybridized carbons (Fsp3) is 0.0769. The van der Waals surface area contributed by atoms with Crippen molar-refractivity contribution in [2.75, 3.05) is 0 Å². The number of rotatable bonds is 1. The van der Waals surface area contributed by atoms with Crippen LogP contribution < -0.4 is 11.2 Å². The molecular formula is C13H10N6O. The molecule has 0 fully saturated rings. The van der Waals surface area contributed by atoms with Crippen molar-refractivity contribution >= 4 is 22.6 Å². The van der Waals surface area contributed by atoms with Crippen LogP contribution >= 0.6 is 0 Å². The molecule has 3 N–H and O–H groups in total. The number of aryl methyl sites for hydroxylation is 1. The predicted octanol–water partition coefficient (Wildman–Crippen LogP) is 0.276. The topological polar surface area (TPSA) is 113 Å². The first-order chi connectivity index (χ1) is 9.56. The predicted molar refractivity (Wildman–Crippen MR) is 70.8 cm³/mol. The zero-order chi connectivity index (χ0) is 14.4. The number of carbonyl (C=O) groups excluding carboxylic acids is 1. The Morgan fingerprint density at radius 2 is 2.05 bits per heavy atom. The van der Waals surface area contributed by atoms with Gasteiger partial charge in [-0.3, -0.25) is 14.6 Å². The minimum atomic E-state index is -0.825. The highest BCUT2D eigenvalue weighted by Gasteiger charge is 2.18. The van der Waals surface area contributed by atoms with Gasteiger partial charge in [0.15, 0.2) is 22.5 Å². The fourth-order valence-electron chi connectivity index (χ4n) is 2.37. The van der Waals surface area contributed by atoms with Crippen molar-refractivity contribution in [3.63, 3.8) is 0 Å². The zero-order valence-electron chi connectivity index (χ0n) is 10.6. The van der Waals surface area contributed by atoms with Gasteiger partial charge in [0.2, 0.25) is 0 Å². The highest BCUT2D eigenvalue weighted by molar-refractivity contribution is 5.92. The summed E-state index contributed by atoms with van der Waals surface area (Å²) < 4.78 is 3.28. The van der Waals surface area contributed by atoms with Crippen LogP contribution in [0.4, 0.5) is 0 Å². The Hall–Kier alpha value is -3.14. The monoisotopic (exact) mass is 266 g/mol. The van der Waals surface area contributed by atoms with Crippen LogP contribution in [0.25, 0.3) is 16.7 Å². The molecule has 0 spiro atoms. The van der Waals surface area contributed by atoms with Crippen molar-refractivity contribution in [3.05, 3.63) is 41.1 Å². The molecule has 2 aromatic heterocycles. The molecule has 1 aromatic carbocycles. The standard InChI is InChI=1S/C13H10N6O/c1-18-8-4-2-3-5-9(8)19-11(15)10(12(16)20)17-7(6-14)13(18)19/h2-5,15H,1H3,(H2,16,20). The van der Waals surface area contributed by atoms with Crippen molar-refractivity contribution in [1.82, 2.24) is 14.0 Å². The summed E-state index contributed by atoms with van der Waals surface area (Å²) in [5, 5.41) is 17.3. The Morgan fingerprint density at radius 3 is 2.65 bits per heavy atom. The number of hydrogen-bond donors (Lipinski definition) is 2. The van der Waals surface area contributed by atoms with Gasteiger partial charge in [0.1, 0.15) is 6.07 Å². The summed E-state index contributed by atoms with van der Waals surface area (Å²) in [6, 6.07) is 9.32.